The van der Waals surface area contributed by atoms with Crippen LogP contribution in [0.25, 0.3) is 39.1 Å². The SMILES string of the molecule is CO[C@H]1CN(C)C(=O)[C@@H]2C[C@@H](CN2c2nc(Cl)nc3c2cnn3-c2ncc(F)cc2F)Nc2cccc(n2)-c2cc(F)cc3nc(C)n(c23)C1. The average molecular weight is 704 g/mol. The third-order valence-corrected chi connectivity index (χ3v) is 9.34. The Morgan fingerprint density at radius 2 is 1.82 bits per heavy atom. The molecule has 0 spiro atoms. The van der Waals surface area contributed by atoms with E-state index in [0.717, 1.165) is 10.9 Å². The van der Waals surface area contributed by atoms with E-state index in [1.54, 1.807) is 25.1 Å². The number of hydrogen-bond donors (Lipinski definition) is 1. The van der Waals surface area contributed by atoms with Crippen molar-refractivity contribution in [2.75, 3.05) is 37.5 Å². The van der Waals surface area contributed by atoms with Gasteiger partial charge in [0.2, 0.25) is 11.2 Å². The van der Waals surface area contributed by atoms with Crippen LogP contribution in [-0.4, -0.2) is 95.5 Å². The molecule has 13 nitrogen and oxygen atoms in total. The van der Waals surface area contributed by atoms with E-state index in [0.29, 0.717) is 64.2 Å². The van der Waals surface area contributed by atoms with Gasteiger partial charge in [-0.05, 0) is 43.1 Å². The first-order chi connectivity index (χ1) is 24.1. The lowest BCUT2D eigenvalue weighted by atomic mass is 10.1. The molecule has 7 heterocycles. The van der Waals surface area contributed by atoms with Gasteiger partial charge in [0.05, 0.1) is 47.2 Å². The Bertz CT molecular complexity index is 2310. The second-order valence-corrected chi connectivity index (χ2v) is 12.7. The van der Waals surface area contributed by atoms with E-state index in [1.165, 1.54) is 18.3 Å². The summed E-state index contributed by atoms with van der Waals surface area (Å²) in [6.07, 6.45) is 2.20. The van der Waals surface area contributed by atoms with Crippen molar-refractivity contribution in [1.29, 1.82) is 0 Å². The summed E-state index contributed by atoms with van der Waals surface area (Å²) in [7, 11) is 3.29. The highest BCUT2D eigenvalue weighted by Crippen LogP contribution is 2.35. The Morgan fingerprint density at radius 3 is 2.62 bits per heavy atom. The molecule has 5 aromatic heterocycles. The number of anilines is 2. The first-order valence-corrected chi connectivity index (χ1v) is 16.1. The number of nitrogens with one attached hydrogen (secondary N) is 1. The summed E-state index contributed by atoms with van der Waals surface area (Å²) < 4.78 is 52.4. The highest BCUT2D eigenvalue weighted by Gasteiger charge is 2.41. The number of ether oxygens (including phenoxy) is 1. The van der Waals surface area contributed by atoms with Crippen molar-refractivity contribution in [2.24, 2.45) is 0 Å². The van der Waals surface area contributed by atoms with E-state index in [4.69, 9.17) is 21.3 Å². The number of aromatic nitrogens is 8. The van der Waals surface area contributed by atoms with Crippen LogP contribution in [0.5, 0.6) is 0 Å². The van der Waals surface area contributed by atoms with Crippen LogP contribution < -0.4 is 10.2 Å². The first kappa shape index (κ1) is 31.9. The van der Waals surface area contributed by atoms with Gasteiger partial charge in [-0.3, -0.25) is 4.79 Å². The number of fused-ring (bicyclic) bond motifs is 6. The van der Waals surface area contributed by atoms with Gasteiger partial charge < -0.3 is 24.4 Å². The number of carbonyl (C=O) groups excluding carboxylic acids is 1. The third-order valence-electron chi connectivity index (χ3n) is 9.18. The molecule has 0 saturated carbocycles. The number of nitrogens with zero attached hydrogens (tertiary/aromatic N) is 10. The van der Waals surface area contributed by atoms with Gasteiger partial charge in [-0.15, -0.1) is 0 Å². The zero-order chi connectivity index (χ0) is 34.8. The molecule has 1 amide bonds. The zero-order valence-electron chi connectivity index (χ0n) is 27.0. The maximum atomic E-state index is 14.9. The van der Waals surface area contributed by atoms with E-state index in [9.17, 15) is 18.0 Å². The minimum Gasteiger partial charge on any atom is -0.378 e. The molecule has 6 aromatic rings. The van der Waals surface area contributed by atoms with Crippen LogP contribution >= 0.6 is 11.6 Å². The number of carbonyl (C=O) groups is 1. The van der Waals surface area contributed by atoms with Crippen molar-refractivity contribution in [3.63, 3.8) is 0 Å². The molecule has 3 atom stereocenters. The van der Waals surface area contributed by atoms with Crippen molar-refractivity contribution in [3.05, 3.63) is 77.4 Å². The summed E-state index contributed by atoms with van der Waals surface area (Å²) in [6.45, 7) is 2.69. The summed E-state index contributed by atoms with van der Waals surface area (Å²) in [5.41, 5.74) is 2.45. The Kier molecular flexibility index (Phi) is 7.79. The summed E-state index contributed by atoms with van der Waals surface area (Å²) >= 11 is 6.44. The predicted molar refractivity (Wildman–Crippen MR) is 179 cm³/mol. The second-order valence-electron chi connectivity index (χ2n) is 12.4. The highest BCUT2D eigenvalue weighted by molar-refractivity contribution is 6.28. The molecule has 17 heteroatoms. The van der Waals surface area contributed by atoms with Crippen LogP contribution in [0, 0.1) is 24.4 Å². The maximum Gasteiger partial charge on any atom is 0.245 e. The van der Waals surface area contributed by atoms with E-state index >= 15 is 0 Å². The van der Waals surface area contributed by atoms with Crippen LogP contribution in [0.4, 0.5) is 24.8 Å². The number of benzene rings is 1. The standard InChI is InChI=1S/C33H29ClF3N11O2/c1-16-40-25-9-17(35)7-21-24-5-4-6-27(42-24)41-19-10-26(32(49)45(2)14-20(50-3)15-46(16)28(21)25)47(13-19)29-22-12-39-48(30(22)44-33(34)43-29)31-23(37)8-18(36)11-38-31/h4-9,11-12,19-20,26H,10,13-15H2,1-3H3,(H,41,42)/t19-,20-,26-/m0/s1. The van der Waals surface area contributed by atoms with Gasteiger partial charge in [0.25, 0.3) is 0 Å². The van der Waals surface area contributed by atoms with Gasteiger partial charge in [0.1, 0.15) is 35.1 Å². The Labute approximate surface area is 287 Å². The molecule has 4 bridgehead atoms. The van der Waals surface area contributed by atoms with Crippen LogP contribution in [-0.2, 0) is 16.1 Å². The van der Waals surface area contributed by atoms with Gasteiger partial charge >= 0.3 is 0 Å². The van der Waals surface area contributed by atoms with E-state index in [-0.39, 0.29) is 41.8 Å². The monoisotopic (exact) mass is 703 g/mol. The molecular formula is C33H29ClF3N11O2. The topological polar surface area (TPSA) is 132 Å². The van der Waals surface area contributed by atoms with E-state index in [1.807, 2.05) is 28.5 Å². The van der Waals surface area contributed by atoms with E-state index in [2.05, 4.69) is 30.4 Å². The summed E-state index contributed by atoms with van der Waals surface area (Å²) in [4.78, 5) is 40.0. The average Bonchev–Trinajstić information content (AvgIpc) is 3.78. The number of rotatable bonds is 3. The number of imidazole rings is 1. The van der Waals surface area contributed by atoms with Gasteiger partial charge in [0.15, 0.2) is 17.3 Å². The quantitative estimate of drug-likeness (QED) is 0.262. The summed E-state index contributed by atoms with van der Waals surface area (Å²) in [5, 5.41) is 7.95. The summed E-state index contributed by atoms with van der Waals surface area (Å²) in [6, 6.07) is 7.97. The molecule has 1 saturated heterocycles. The number of pyridine rings is 2. The van der Waals surface area contributed by atoms with Crippen LogP contribution in [0.2, 0.25) is 5.28 Å². The maximum absolute atomic E-state index is 14.9. The summed E-state index contributed by atoms with van der Waals surface area (Å²) in [5.74, 6) is -1.22. The zero-order valence-corrected chi connectivity index (χ0v) is 27.7. The van der Waals surface area contributed by atoms with Crippen molar-refractivity contribution >= 4 is 51.2 Å². The number of amides is 1. The van der Waals surface area contributed by atoms with Crippen LogP contribution in [0.1, 0.15) is 12.2 Å². The Morgan fingerprint density at radius 1 is 0.980 bits per heavy atom. The molecule has 0 unspecified atom stereocenters. The molecule has 2 aliphatic rings. The van der Waals surface area contributed by atoms with E-state index < -0.39 is 29.6 Å². The molecular weight excluding hydrogens is 675 g/mol. The third kappa shape index (κ3) is 5.44. The fourth-order valence-corrected chi connectivity index (χ4v) is 7.08. The predicted octanol–water partition coefficient (Wildman–Crippen LogP) is 4.55. The lowest BCUT2D eigenvalue weighted by Crippen LogP contribution is -2.47. The molecule has 8 rings (SSSR count). The first-order valence-electron chi connectivity index (χ1n) is 15.8. The van der Waals surface area contributed by atoms with Crippen molar-refractivity contribution in [1.82, 2.24) is 44.2 Å². The van der Waals surface area contributed by atoms with Crippen molar-refractivity contribution in [3.8, 4) is 17.1 Å². The van der Waals surface area contributed by atoms with Gasteiger partial charge in [-0.1, -0.05) is 6.07 Å². The Balaban J connectivity index is 1.24. The number of aryl methyl sites for hydroxylation is 1. The molecule has 1 N–H and O–H groups in total. The molecule has 50 heavy (non-hydrogen) atoms. The Hall–Kier alpha value is -5.35. The number of hydrogen-bond acceptors (Lipinski definition) is 10. The number of halogens is 4. The minimum atomic E-state index is -0.945. The molecule has 1 fully saturated rings. The highest BCUT2D eigenvalue weighted by atomic mass is 35.5. The molecule has 256 valence electrons. The molecule has 2 aliphatic heterocycles. The minimum absolute atomic E-state index is 0.123. The van der Waals surface area contributed by atoms with Crippen LogP contribution in [0.3, 0.4) is 0 Å². The lowest BCUT2D eigenvalue weighted by molar-refractivity contribution is -0.132. The van der Waals surface area contributed by atoms with Crippen molar-refractivity contribution < 1.29 is 22.7 Å². The van der Waals surface area contributed by atoms with Gasteiger partial charge in [-0.2, -0.15) is 19.7 Å². The van der Waals surface area contributed by atoms with Gasteiger partial charge in [-0.25, -0.2) is 28.1 Å². The smallest absolute Gasteiger partial charge is 0.245 e. The van der Waals surface area contributed by atoms with Crippen LogP contribution in [0.15, 0.2) is 48.8 Å². The molecule has 0 radical (unpaired) electrons. The second kappa shape index (κ2) is 12.2. The number of likely N-dealkylation sites (N-methyl/N-ethyl adjacent to an activating group) is 1. The number of methoxy groups -OCH3 is 1. The largest absolute Gasteiger partial charge is 0.378 e. The lowest BCUT2D eigenvalue weighted by Gasteiger charge is -2.31. The molecule has 1 aromatic carbocycles. The normalized spacial score (nSPS) is 19.6. The fraction of sp³-hybridized carbons (Fsp3) is 0.303. The van der Waals surface area contributed by atoms with Gasteiger partial charge in [0, 0.05) is 51.0 Å². The molecule has 0 aliphatic carbocycles. The fourth-order valence-electron chi connectivity index (χ4n) is 6.92. The van der Waals surface area contributed by atoms with Crippen molar-refractivity contribution in [2.45, 2.75) is 38.1 Å².